The molecule has 1 aliphatic heterocycles. The summed E-state index contributed by atoms with van der Waals surface area (Å²) in [6, 6.07) is 10.8. The van der Waals surface area contributed by atoms with Crippen LogP contribution in [0.2, 0.25) is 0 Å². The summed E-state index contributed by atoms with van der Waals surface area (Å²) >= 11 is 0. The topological polar surface area (TPSA) is 73.9 Å². The number of aromatic nitrogens is 3. The molecule has 2 N–H and O–H groups in total. The number of amides is 1. The number of hydrogen-bond acceptors (Lipinski definition) is 4. The van der Waals surface area contributed by atoms with Gasteiger partial charge in [-0.1, -0.05) is 17.7 Å². The summed E-state index contributed by atoms with van der Waals surface area (Å²) in [5.74, 6) is 0.151. The zero-order valence-electron chi connectivity index (χ0n) is 17.0. The van der Waals surface area contributed by atoms with E-state index in [0.29, 0.717) is 6.42 Å². The van der Waals surface area contributed by atoms with Crippen LogP contribution in [0.25, 0.3) is 11.3 Å². The highest BCUT2D eigenvalue weighted by molar-refractivity contribution is 5.78. The van der Waals surface area contributed by atoms with Crippen molar-refractivity contribution in [3.8, 4) is 11.3 Å². The van der Waals surface area contributed by atoms with Crippen LogP contribution in [0.3, 0.4) is 0 Å². The predicted molar refractivity (Wildman–Crippen MR) is 113 cm³/mol. The van der Waals surface area contributed by atoms with Gasteiger partial charge < -0.3 is 5.32 Å². The van der Waals surface area contributed by atoms with E-state index in [2.05, 4.69) is 57.4 Å². The number of carbonyl (C=O) groups is 1. The molecule has 0 aliphatic carbocycles. The molecular weight excluding hydrogens is 362 g/mol. The molecule has 0 bridgehead atoms. The highest BCUT2D eigenvalue weighted by atomic mass is 16.1. The van der Waals surface area contributed by atoms with E-state index in [4.69, 9.17) is 0 Å². The monoisotopic (exact) mass is 389 g/mol. The first-order chi connectivity index (χ1) is 14.1. The van der Waals surface area contributed by atoms with Gasteiger partial charge in [-0.05, 0) is 49.6 Å². The van der Waals surface area contributed by atoms with Gasteiger partial charge in [0.05, 0.1) is 11.9 Å². The average Bonchev–Trinajstić information content (AvgIpc) is 3.33. The molecule has 6 nitrogen and oxygen atoms in total. The number of benzene rings is 1. The molecule has 4 rings (SSSR count). The lowest BCUT2D eigenvalue weighted by molar-refractivity contribution is -0.119. The van der Waals surface area contributed by atoms with E-state index in [1.165, 1.54) is 22.3 Å². The quantitative estimate of drug-likeness (QED) is 0.650. The van der Waals surface area contributed by atoms with E-state index in [-0.39, 0.29) is 11.9 Å². The normalized spacial score (nSPS) is 16.4. The van der Waals surface area contributed by atoms with Crippen LogP contribution in [0.5, 0.6) is 0 Å². The van der Waals surface area contributed by atoms with Crippen molar-refractivity contribution in [2.24, 2.45) is 0 Å². The fourth-order valence-corrected chi connectivity index (χ4v) is 3.97. The fourth-order valence-electron chi connectivity index (χ4n) is 3.97. The summed E-state index contributed by atoms with van der Waals surface area (Å²) in [5.41, 5.74) is 7.09. The van der Waals surface area contributed by atoms with E-state index >= 15 is 0 Å². The van der Waals surface area contributed by atoms with Crippen molar-refractivity contribution in [1.29, 1.82) is 0 Å². The lowest BCUT2D eigenvalue weighted by Gasteiger charge is -2.25. The molecule has 6 heteroatoms. The Morgan fingerprint density at radius 2 is 1.97 bits per heavy atom. The Hall–Kier alpha value is -2.99. The molecule has 0 unspecified atom stereocenters. The second kappa shape index (κ2) is 8.57. The summed E-state index contributed by atoms with van der Waals surface area (Å²) in [4.78, 5) is 18.2. The van der Waals surface area contributed by atoms with E-state index in [1.807, 2.05) is 30.7 Å². The van der Waals surface area contributed by atoms with Crippen molar-refractivity contribution < 1.29 is 4.79 Å². The van der Waals surface area contributed by atoms with Crippen molar-refractivity contribution in [2.75, 3.05) is 6.54 Å². The van der Waals surface area contributed by atoms with Gasteiger partial charge >= 0.3 is 0 Å². The maximum Gasteiger partial charge on any atom is 0.220 e. The van der Waals surface area contributed by atoms with E-state index in [0.717, 1.165) is 37.3 Å². The van der Waals surface area contributed by atoms with Gasteiger partial charge in [-0.25, -0.2) is 0 Å². The first-order valence-corrected chi connectivity index (χ1v) is 10.1. The molecule has 1 aliphatic rings. The lowest BCUT2D eigenvalue weighted by atomic mass is 10.00. The average molecular weight is 390 g/mol. The Kier molecular flexibility index (Phi) is 5.71. The van der Waals surface area contributed by atoms with Crippen LogP contribution < -0.4 is 5.32 Å². The van der Waals surface area contributed by atoms with Gasteiger partial charge in [-0.15, -0.1) is 0 Å². The Morgan fingerprint density at radius 3 is 2.72 bits per heavy atom. The molecule has 3 heterocycles. The number of hydrogen-bond donors (Lipinski definition) is 2. The van der Waals surface area contributed by atoms with Gasteiger partial charge in [0, 0.05) is 55.6 Å². The van der Waals surface area contributed by atoms with Crippen molar-refractivity contribution in [2.45, 2.75) is 45.8 Å². The maximum atomic E-state index is 11.7. The molecule has 0 spiro atoms. The summed E-state index contributed by atoms with van der Waals surface area (Å²) in [6.45, 7) is 6.60. The van der Waals surface area contributed by atoms with E-state index in [1.54, 1.807) is 0 Å². The summed E-state index contributed by atoms with van der Waals surface area (Å²) in [7, 11) is 0. The molecule has 1 amide bonds. The number of rotatable bonds is 7. The molecular formula is C23H27N5O. The first kappa shape index (κ1) is 19.3. The van der Waals surface area contributed by atoms with E-state index in [9.17, 15) is 4.79 Å². The summed E-state index contributed by atoms with van der Waals surface area (Å²) < 4.78 is 0. The molecule has 0 radical (unpaired) electrons. The zero-order valence-corrected chi connectivity index (χ0v) is 17.0. The van der Waals surface area contributed by atoms with Gasteiger partial charge in [0.1, 0.15) is 0 Å². The van der Waals surface area contributed by atoms with Crippen LogP contribution in [-0.4, -0.2) is 38.6 Å². The van der Waals surface area contributed by atoms with Crippen LogP contribution in [-0.2, 0) is 17.9 Å². The molecule has 1 saturated heterocycles. The predicted octanol–water partition coefficient (Wildman–Crippen LogP) is 3.37. The molecule has 150 valence electrons. The van der Waals surface area contributed by atoms with Crippen LogP contribution >= 0.6 is 0 Å². The minimum atomic E-state index is 0.151. The second-order valence-corrected chi connectivity index (χ2v) is 7.92. The number of nitrogens with zero attached hydrogens (tertiary/aromatic N) is 3. The number of aryl methyl sites for hydroxylation is 2. The third-order valence-electron chi connectivity index (χ3n) is 5.49. The second-order valence-electron chi connectivity index (χ2n) is 7.92. The van der Waals surface area contributed by atoms with Gasteiger partial charge in [-0.2, -0.15) is 5.10 Å². The highest BCUT2D eigenvalue weighted by Gasteiger charge is 2.24. The number of carbonyl (C=O) groups excluding carboxylic acids is 1. The largest absolute Gasteiger partial charge is 0.352 e. The van der Waals surface area contributed by atoms with Crippen LogP contribution in [0.1, 0.15) is 35.1 Å². The third kappa shape index (κ3) is 4.71. The molecule has 1 atom stereocenters. The first-order valence-electron chi connectivity index (χ1n) is 10.1. The molecule has 3 aromatic rings. The lowest BCUT2D eigenvalue weighted by Crippen LogP contribution is -2.38. The highest BCUT2D eigenvalue weighted by Crippen LogP contribution is 2.27. The van der Waals surface area contributed by atoms with E-state index < -0.39 is 0 Å². The standard InChI is InChI=1S/C23H27N5O/c1-16-3-4-17(2)21(11-16)23-19(12-25-27-23)14-28(13-18-7-9-24-10-8-18)15-20-5-6-22(29)26-20/h3-4,7-12,20H,5-6,13-15H2,1-2H3,(H,25,27)(H,26,29)/t20-/m0/s1. The van der Waals surface area contributed by atoms with Crippen molar-refractivity contribution in [3.05, 3.63) is 71.2 Å². The van der Waals surface area contributed by atoms with Gasteiger partial charge in [-0.3, -0.25) is 19.8 Å². The maximum absolute atomic E-state index is 11.7. The SMILES string of the molecule is Cc1ccc(C)c(-c2[nH]ncc2CN(Cc2ccncc2)C[C@@H]2CCC(=O)N2)c1. The van der Waals surface area contributed by atoms with Gasteiger partial charge in [0.25, 0.3) is 0 Å². The van der Waals surface area contributed by atoms with Crippen LogP contribution in [0, 0.1) is 13.8 Å². The summed E-state index contributed by atoms with van der Waals surface area (Å²) in [5, 5.41) is 10.6. The Morgan fingerprint density at radius 1 is 1.14 bits per heavy atom. The van der Waals surface area contributed by atoms with Crippen molar-refractivity contribution in [3.63, 3.8) is 0 Å². The summed E-state index contributed by atoms with van der Waals surface area (Å²) in [6.07, 6.45) is 7.08. The van der Waals surface area contributed by atoms with Gasteiger partial charge in [0.15, 0.2) is 0 Å². The zero-order chi connectivity index (χ0) is 20.2. The van der Waals surface area contributed by atoms with Crippen molar-refractivity contribution >= 4 is 5.91 Å². The molecule has 2 aromatic heterocycles. The third-order valence-corrected chi connectivity index (χ3v) is 5.49. The van der Waals surface area contributed by atoms with Crippen molar-refractivity contribution in [1.82, 2.24) is 25.4 Å². The minimum Gasteiger partial charge on any atom is -0.352 e. The number of nitrogens with one attached hydrogen (secondary N) is 2. The number of H-pyrrole nitrogens is 1. The Labute approximate surface area is 171 Å². The Balaban J connectivity index is 1.58. The fraction of sp³-hybridized carbons (Fsp3) is 0.348. The number of aromatic amines is 1. The number of pyridine rings is 1. The molecule has 1 fully saturated rings. The molecule has 29 heavy (non-hydrogen) atoms. The van der Waals surface area contributed by atoms with Gasteiger partial charge in [0.2, 0.25) is 5.91 Å². The minimum absolute atomic E-state index is 0.151. The molecule has 1 aromatic carbocycles. The molecule has 0 saturated carbocycles. The van der Waals surface area contributed by atoms with Crippen LogP contribution in [0.15, 0.2) is 48.9 Å². The Bertz CT molecular complexity index is 982. The smallest absolute Gasteiger partial charge is 0.220 e. The van der Waals surface area contributed by atoms with Crippen LogP contribution in [0.4, 0.5) is 0 Å².